The molecule has 6 nitrogen and oxygen atoms in total. The van der Waals surface area contributed by atoms with E-state index in [1.807, 2.05) is 6.08 Å². The molecule has 0 saturated heterocycles. The molecule has 0 heterocycles. The zero-order chi connectivity index (χ0) is 51.4. The Bertz CT molecular complexity index is 1150. The van der Waals surface area contributed by atoms with Gasteiger partial charge in [0, 0.05) is 12.8 Å². The van der Waals surface area contributed by atoms with Gasteiger partial charge in [-0.15, -0.1) is 0 Å². The van der Waals surface area contributed by atoms with Gasteiger partial charge in [0.2, 0.25) is 5.91 Å². The van der Waals surface area contributed by atoms with E-state index in [-0.39, 0.29) is 18.5 Å². The van der Waals surface area contributed by atoms with Crippen molar-refractivity contribution in [1.29, 1.82) is 0 Å². The molecule has 0 aliphatic heterocycles. The number of nitrogens with one attached hydrogen (secondary N) is 1. The van der Waals surface area contributed by atoms with Gasteiger partial charge in [-0.3, -0.25) is 9.59 Å². The number of aliphatic hydroxyl groups is 2. The van der Waals surface area contributed by atoms with Crippen molar-refractivity contribution in [1.82, 2.24) is 5.32 Å². The van der Waals surface area contributed by atoms with Gasteiger partial charge in [-0.25, -0.2) is 0 Å². The van der Waals surface area contributed by atoms with Gasteiger partial charge in [-0.1, -0.05) is 301 Å². The number of esters is 1. The molecule has 418 valence electrons. The van der Waals surface area contributed by atoms with Gasteiger partial charge < -0.3 is 20.3 Å². The highest BCUT2D eigenvalue weighted by Crippen LogP contribution is 2.17. The molecule has 2 unspecified atom stereocenters. The molecule has 0 rings (SSSR count). The molecule has 2 atom stereocenters. The van der Waals surface area contributed by atoms with Crippen LogP contribution in [0, 0.1) is 0 Å². The Morgan fingerprint density at radius 1 is 0.394 bits per heavy atom. The number of hydrogen-bond acceptors (Lipinski definition) is 5. The maximum absolute atomic E-state index is 12.4. The highest BCUT2D eigenvalue weighted by molar-refractivity contribution is 5.76. The molecule has 0 aromatic heterocycles. The van der Waals surface area contributed by atoms with E-state index in [0.717, 1.165) is 57.8 Å². The number of rotatable bonds is 59. The number of amides is 1. The monoisotopic (exact) mass is 998 g/mol. The van der Waals surface area contributed by atoms with Crippen LogP contribution in [0.5, 0.6) is 0 Å². The Hall–Kier alpha value is -1.92. The SMILES string of the molecule is CCCCCCCCCCCC/C=C/C(O)C(CO)NC(=O)CCCCCCCCC/C=C\C/C=C\CCCCCCCCCCCOC(=O)CCCCCCCCCCCCCCCCCCCCC. The van der Waals surface area contributed by atoms with Crippen LogP contribution in [-0.2, 0) is 14.3 Å². The maximum atomic E-state index is 12.4. The first-order chi connectivity index (χ1) is 35.0. The average molecular weight is 999 g/mol. The van der Waals surface area contributed by atoms with Gasteiger partial charge in [-0.2, -0.15) is 0 Å². The van der Waals surface area contributed by atoms with Crippen molar-refractivity contribution in [3.05, 3.63) is 36.5 Å². The first kappa shape index (κ1) is 69.1. The molecule has 0 aromatic rings. The normalized spacial score (nSPS) is 12.8. The van der Waals surface area contributed by atoms with E-state index in [1.54, 1.807) is 6.08 Å². The molecule has 6 heteroatoms. The number of carbonyl (C=O) groups is 2. The molecule has 71 heavy (non-hydrogen) atoms. The number of hydrogen-bond donors (Lipinski definition) is 3. The quantitative estimate of drug-likeness (QED) is 0.0321. The second-order valence-electron chi connectivity index (χ2n) is 21.7. The van der Waals surface area contributed by atoms with Gasteiger partial charge in [0.1, 0.15) is 0 Å². The highest BCUT2D eigenvalue weighted by Gasteiger charge is 2.18. The zero-order valence-corrected chi connectivity index (χ0v) is 47.7. The summed E-state index contributed by atoms with van der Waals surface area (Å²) in [6.45, 7) is 4.90. The summed E-state index contributed by atoms with van der Waals surface area (Å²) in [6, 6.07) is -0.635. The lowest BCUT2D eigenvalue weighted by Crippen LogP contribution is -2.45. The lowest BCUT2D eigenvalue weighted by atomic mass is 10.0. The van der Waals surface area contributed by atoms with Gasteiger partial charge in [0.25, 0.3) is 0 Å². The minimum Gasteiger partial charge on any atom is -0.466 e. The molecule has 0 fully saturated rings. The predicted molar refractivity (Wildman–Crippen MR) is 310 cm³/mol. The third kappa shape index (κ3) is 57.2. The summed E-state index contributed by atoms with van der Waals surface area (Å²) in [5.41, 5.74) is 0. The second-order valence-corrected chi connectivity index (χ2v) is 21.7. The van der Waals surface area contributed by atoms with Crippen molar-refractivity contribution in [3.63, 3.8) is 0 Å². The summed E-state index contributed by atoms with van der Waals surface area (Å²) in [6.07, 6.45) is 76.2. The molecular weight excluding hydrogens is 875 g/mol. The average Bonchev–Trinajstić information content (AvgIpc) is 3.37. The summed E-state index contributed by atoms with van der Waals surface area (Å²) >= 11 is 0. The zero-order valence-electron chi connectivity index (χ0n) is 47.7. The molecule has 0 saturated carbocycles. The van der Waals surface area contributed by atoms with Gasteiger partial charge in [-0.05, 0) is 64.2 Å². The smallest absolute Gasteiger partial charge is 0.305 e. The molecule has 0 radical (unpaired) electrons. The van der Waals surface area contributed by atoms with E-state index in [1.165, 1.54) is 257 Å². The number of ether oxygens (including phenoxy) is 1. The molecule has 0 aliphatic rings. The first-order valence-electron chi connectivity index (χ1n) is 31.8. The summed E-state index contributed by atoms with van der Waals surface area (Å²) < 4.78 is 5.50. The lowest BCUT2D eigenvalue weighted by molar-refractivity contribution is -0.143. The fourth-order valence-corrected chi connectivity index (χ4v) is 9.78. The summed E-state index contributed by atoms with van der Waals surface area (Å²) in [5.74, 6) is -0.0674. The fraction of sp³-hybridized carbons (Fsp3) is 0.877. The van der Waals surface area contributed by atoms with Crippen molar-refractivity contribution in [2.75, 3.05) is 13.2 Å². The molecule has 0 spiro atoms. The number of unbranched alkanes of at least 4 members (excludes halogenated alkanes) is 44. The Morgan fingerprint density at radius 3 is 1.07 bits per heavy atom. The van der Waals surface area contributed by atoms with Crippen molar-refractivity contribution in [2.45, 2.75) is 353 Å². The van der Waals surface area contributed by atoms with Crippen LogP contribution in [0.15, 0.2) is 36.5 Å². The molecule has 0 aromatic carbocycles. The molecule has 0 bridgehead atoms. The van der Waals surface area contributed by atoms with Gasteiger partial charge >= 0.3 is 5.97 Å². The second kappa shape index (κ2) is 60.6. The molecular formula is C65H123NO5. The van der Waals surface area contributed by atoms with Gasteiger partial charge in [0.05, 0.1) is 25.4 Å². The van der Waals surface area contributed by atoms with E-state index in [9.17, 15) is 19.8 Å². The standard InChI is InChI=1S/C65H123NO5/c1-3-5-7-9-11-13-15-17-18-19-25-29-32-35-39-43-47-51-55-59-65(70)71-60-56-52-48-44-40-36-33-30-27-24-22-20-21-23-26-28-31-34-38-42-46-50-54-58-64(69)66-62(61-67)63(68)57-53-49-45-41-37-16-14-12-10-8-6-4-2/h20,22-23,26,53,57,62-63,67-68H,3-19,21,24-25,27-52,54-56,58-61H2,1-2H3,(H,66,69)/b22-20-,26-23-,57-53+. The molecule has 0 aliphatic carbocycles. The summed E-state index contributed by atoms with van der Waals surface area (Å²) in [5, 5.41) is 23.0. The minimum atomic E-state index is -0.850. The fourth-order valence-electron chi connectivity index (χ4n) is 9.78. The van der Waals surface area contributed by atoms with Crippen LogP contribution in [-0.4, -0.2) is 47.4 Å². The van der Waals surface area contributed by atoms with Crippen LogP contribution < -0.4 is 5.32 Å². The van der Waals surface area contributed by atoms with Gasteiger partial charge in [0.15, 0.2) is 0 Å². The van der Waals surface area contributed by atoms with Crippen LogP contribution >= 0.6 is 0 Å². The number of allylic oxidation sites excluding steroid dienone is 5. The summed E-state index contributed by atoms with van der Waals surface area (Å²) in [7, 11) is 0. The molecule has 3 N–H and O–H groups in total. The Morgan fingerprint density at radius 2 is 0.704 bits per heavy atom. The highest BCUT2D eigenvalue weighted by atomic mass is 16.5. The first-order valence-corrected chi connectivity index (χ1v) is 31.8. The number of carbonyl (C=O) groups excluding carboxylic acids is 2. The van der Waals surface area contributed by atoms with Crippen LogP contribution in [0.4, 0.5) is 0 Å². The van der Waals surface area contributed by atoms with Crippen LogP contribution in [0.1, 0.15) is 341 Å². The number of aliphatic hydroxyl groups excluding tert-OH is 2. The Balaban J connectivity index is 3.42. The Kier molecular flexibility index (Phi) is 59.0. The van der Waals surface area contributed by atoms with E-state index in [0.29, 0.717) is 19.4 Å². The van der Waals surface area contributed by atoms with E-state index < -0.39 is 12.1 Å². The predicted octanol–water partition coefficient (Wildman–Crippen LogP) is 20.0. The molecule has 1 amide bonds. The lowest BCUT2D eigenvalue weighted by Gasteiger charge is -2.20. The third-order valence-corrected chi connectivity index (χ3v) is 14.7. The largest absolute Gasteiger partial charge is 0.466 e. The van der Waals surface area contributed by atoms with E-state index in [4.69, 9.17) is 4.74 Å². The van der Waals surface area contributed by atoms with Crippen LogP contribution in [0.3, 0.4) is 0 Å². The van der Waals surface area contributed by atoms with Crippen molar-refractivity contribution >= 4 is 11.9 Å². The Labute approximate surface area is 443 Å². The van der Waals surface area contributed by atoms with E-state index in [2.05, 4.69) is 43.5 Å². The van der Waals surface area contributed by atoms with Crippen molar-refractivity contribution in [3.8, 4) is 0 Å². The maximum Gasteiger partial charge on any atom is 0.305 e. The minimum absolute atomic E-state index is 0.0113. The van der Waals surface area contributed by atoms with Crippen molar-refractivity contribution in [2.24, 2.45) is 0 Å². The topological polar surface area (TPSA) is 95.9 Å². The summed E-state index contributed by atoms with van der Waals surface area (Å²) in [4.78, 5) is 24.5. The van der Waals surface area contributed by atoms with Crippen LogP contribution in [0.2, 0.25) is 0 Å². The van der Waals surface area contributed by atoms with Crippen molar-refractivity contribution < 1.29 is 24.5 Å². The third-order valence-electron chi connectivity index (χ3n) is 14.7. The van der Waals surface area contributed by atoms with E-state index >= 15 is 0 Å². The van der Waals surface area contributed by atoms with Crippen LogP contribution in [0.25, 0.3) is 0 Å².